The van der Waals surface area contributed by atoms with E-state index in [0.717, 1.165) is 25.0 Å². The van der Waals surface area contributed by atoms with E-state index in [1.807, 2.05) is 12.1 Å². The van der Waals surface area contributed by atoms with E-state index in [0.29, 0.717) is 19.1 Å². The van der Waals surface area contributed by atoms with Gasteiger partial charge in [-0.25, -0.2) is 0 Å². The summed E-state index contributed by atoms with van der Waals surface area (Å²) in [5, 5.41) is 10.8. The molecule has 1 aromatic carbocycles. The van der Waals surface area contributed by atoms with Gasteiger partial charge in [0.2, 0.25) is 0 Å². The molecule has 0 aromatic heterocycles. The van der Waals surface area contributed by atoms with Crippen molar-refractivity contribution >= 4 is 0 Å². The Morgan fingerprint density at radius 1 is 1.30 bits per heavy atom. The van der Waals surface area contributed by atoms with E-state index in [2.05, 4.69) is 26.0 Å². The number of rotatable bonds is 3. The number of ether oxygens (including phenoxy) is 1. The van der Waals surface area contributed by atoms with Gasteiger partial charge < -0.3 is 15.6 Å². The maximum atomic E-state index is 10.8. The highest BCUT2D eigenvalue weighted by molar-refractivity contribution is 5.39. The minimum Gasteiger partial charge on any atom is -0.493 e. The third-order valence-corrected chi connectivity index (χ3v) is 5.45. The maximum Gasteiger partial charge on any atom is 0.122 e. The summed E-state index contributed by atoms with van der Waals surface area (Å²) in [6.07, 6.45) is 2.65. The summed E-state index contributed by atoms with van der Waals surface area (Å²) in [4.78, 5) is 0. The van der Waals surface area contributed by atoms with Gasteiger partial charge in [-0.15, -0.1) is 0 Å². The summed E-state index contributed by atoms with van der Waals surface area (Å²) >= 11 is 0. The van der Waals surface area contributed by atoms with Crippen molar-refractivity contribution in [1.82, 2.24) is 0 Å². The first-order valence-corrected chi connectivity index (χ1v) is 7.58. The number of hydrogen-bond acceptors (Lipinski definition) is 3. The summed E-state index contributed by atoms with van der Waals surface area (Å²) in [5.41, 5.74) is 7.17. The van der Waals surface area contributed by atoms with E-state index in [9.17, 15) is 5.11 Å². The molecule has 1 aliphatic heterocycles. The number of fused-ring (bicyclic) bond motifs is 1. The number of hydrogen-bond donors (Lipinski definition) is 2. The fourth-order valence-corrected chi connectivity index (χ4v) is 4.07. The van der Waals surface area contributed by atoms with Crippen LogP contribution in [-0.2, 0) is 0 Å². The average molecular weight is 275 g/mol. The zero-order valence-electron chi connectivity index (χ0n) is 12.4. The first kappa shape index (κ1) is 13.9. The Morgan fingerprint density at radius 3 is 2.70 bits per heavy atom. The number of aliphatic hydroxyl groups excluding tert-OH is 1. The van der Waals surface area contributed by atoms with E-state index in [1.54, 1.807) is 0 Å². The number of aliphatic hydroxyl groups is 1. The van der Waals surface area contributed by atoms with Crippen molar-refractivity contribution in [2.24, 2.45) is 16.6 Å². The number of nitrogens with two attached hydrogens (primary N) is 1. The molecule has 1 heterocycles. The molecule has 1 fully saturated rings. The van der Waals surface area contributed by atoms with Crippen LogP contribution in [0, 0.1) is 10.8 Å². The molecule has 0 radical (unpaired) electrons. The first-order valence-electron chi connectivity index (χ1n) is 7.58. The van der Waals surface area contributed by atoms with E-state index < -0.39 is 0 Å². The van der Waals surface area contributed by atoms with Gasteiger partial charge in [0, 0.05) is 23.4 Å². The number of para-hydroxylation sites is 1. The molecule has 0 amide bonds. The van der Waals surface area contributed by atoms with Crippen molar-refractivity contribution in [2.75, 3.05) is 13.2 Å². The zero-order valence-corrected chi connectivity index (χ0v) is 12.4. The molecule has 3 heteroatoms. The van der Waals surface area contributed by atoms with E-state index in [1.165, 1.54) is 5.56 Å². The molecule has 2 aliphatic rings. The topological polar surface area (TPSA) is 55.5 Å². The monoisotopic (exact) mass is 275 g/mol. The highest BCUT2D eigenvalue weighted by Gasteiger charge is 2.52. The Hall–Kier alpha value is -1.06. The molecule has 3 N–H and O–H groups in total. The normalized spacial score (nSPS) is 34.8. The van der Waals surface area contributed by atoms with Crippen LogP contribution < -0.4 is 10.5 Å². The molecule has 3 unspecified atom stereocenters. The molecule has 1 aromatic rings. The first-order chi connectivity index (χ1) is 9.48. The largest absolute Gasteiger partial charge is 0.493 e. The lowest BCUT2D eigenvalue weighted by Crippen LogP contribution is -2.43. The Balaban J connectivity index is 1.84. The van der Waals surface area contributed by atoms with Gasteiger partial charge in [-0.2, -0.15) is 0 Å². The molecular weight excluding hydrogens is 250 g/mol. The van der Waals surface area contributed by atoms with Crippen LogP contribution in [0.15, 0.2) is 24.3 Å². The van der Waals surface area contributed by atoms with Crippen LogP contribution in [0.3, 0.4) is 0 Å². The van der Waals surface area contributed by atoms with Gasteiger partial charge in [0.1, 0.15) is 5.75 Å². The lowest BCUT2D eigenvalue weighted by Gasteiger charge is -2.37. The second-order valence-corrected chi connectivity index (χ2v) is 7.21. The molecule has 0 saturated heterocycles. The van der Waals surface area contributed by atoms with Gasteiger partial charge in [-0.1, -0.05) is 32.0 Å². The quantitative estimate of drug-likeness (QED) is 0.891. The fourth-order valence-electron chi connectivity index (χ4n) is 4.07. The minimum atomic E-state index is -0.326. The second kappa shape index (κ2) is 4.74. The lowest BCUT2D eigenvalue weighted by molar-refractivity contribution is -0.0133. The van der Waals surface area contributed by atoms with Crippen molar-refractivity contribution in [3.63, 3.8) is 0 Å². The van der Waals surface area contributed by atoms with Gasteiger partial charge in [0.15, 0.2) is 0 Å². The second-order valence-electron chi connectivity index (χ2n) is 7.21. The summed E-state index contributed by atoms with van der Waals surface area (Å²) in [6, 6.07) is 8.24. The molecular formula is C17H25NO2. The Labute approximate surface area is 121 Å². The van der Waals surface area contributed by atoms with Crippen molar-refractivity contribution in [2.45, 2.75) is 45.1 Å². The van der Waals surface area contributed by atoms with Gasteiger partial charge in [-0.05, 0) is 30.7 Å². The van der Waals surface area contributed by atoms with Crippen LogP contribution in [0.4, 0.5) is 0 Å². The average Bonchev–Trinajstić information content (AvgIpc) is 2.95. The molecule has 3 rings (SSSR count). The van der Waals surface area contributed by atoms with Crippen molar-refractivity contribution < 1.29 is 9.84 Å². The van der Waals surface area contributed by atoms with Crippen LogP contribution in [-0.4, -0.2) is 24.4 Å². The van der Waals surface area contributed by atoms with Crippen LogP contribution in [0.1, 0.15) is 44.6 Å². The van der Waals surface area contributed by atoms with Crippen LogP contribution in [0.2, 0.25) is 0 Å². The molecule has 3 atom stereocenters. The molecule has 0 spiro atoms. The van der Waals surface area contributed by atoms with Crippen LogP contribution in [0.25, 0.3) is 0 Å². The minimum absolute atomic E-state index is 0.0294. The fraction of sp³-hybridized carbons (Fsp3) is 0.647. The van der Waals surface area contributed by atoms with Gasteiger partial charge in [-0.3, -0.25) is 0 Å². The van der Waals surface area contributed by atoms with Gasteiger partial charge in [0.05, 0.1) is 12.7 Å². The SMILES string of the molecule is CC1(C)CCC(CN)(CC2COc3ccccc32)C1O. The van der Waals surface area contributed by atoms with E-state index in [-0.39, 0.29) is 16.9 Å². The zero-order chi connectivity index (χ0) is 14.4. The smallest absolute Gasteiger partial charge is 0.122 e. The molecule has 110 valence electrons. The highest BCUT2D eigenvalue weighted by Crippen LogP contribution is 2.54. The molecule has 3 nitrogen and oxygen atoms in total. The predicted molar refractivity (Wildman–Crippen MR) is 79.8 cm³/mol. The summed E-state index contributed by atoms with van der Waals surface area (Å²) < 4.78 is 5.78. The van der Waals surface area contributed by atoms with Crippen molar-refractivity contribution in [3.8, 4) is 5.75 Å². The van der Waals surface area contributed by atoms with Crippen molar-refractivity contribution in [3.05, 3.63) is 29.8 Å². The van der Waals surface area contributed by atoms with Crippen molar-refractivity contribution in [1.29, 1.82) is 0 Å². The highest BCUT2D eigenvalue weighted by atomic mass is 16.5. The van der Waals surface area contributed by atoms with Crippen LogP contribution >= 0.6 is 0 Å². The molecule has 20 heavy (non-hydrogen) atoms. The number of benzene rings is 1. The molecule has 1 saturated carbocycles. The lowest BCUT2D eigenvalue weighted by atomic mass is 9.72. The predicted octanol–water partition coefficient (Wildman–Crippen LogP) is 2.68. The van der Waals surface area contributed by atoms with Crippen LogP contribution in [0.5, 0.6) is 5.75 Å². The summed E-state index contributed by atoms with van der Waals surface area (Å²) in [7, 11) is 0. The molecule has 1 aliphatic carbocycles. The standard InChI is InChI=1S/C17H25NO2/c1-16(2)7-8-17(11-18,15(16)19)9-12-10-20-14-6-4-3-5-13(12)14/h3-6,12,15,19H,7-11,18H2,1-2H3. The third kappa shape index (κ3) is 2.04. The molecule has 0 bridgehead atoms. The Kier molecular flexibility index (Phi) is 3.30. The summed E-state index contributed by atoms with van der Waals surface area (Å²) in [5.74, 6) is 1.36. The maximum absolute atomic E-state index is 10.8. The van der Waals surface area contributed by atoms with E-state index in [4.69, 9.17) is 10.5 Å². The third-order valence-electron chi connectivity index (χ3n) is 5.45. The summed E-state index contributed by atoms with van der Waals surface area (Å²) in [6.45, 7) is 5.56. The van der Waals surface area contributed by atoms with Gasteiger partial charge in [0.25, 0.3) is 0 Å². The Morgan fingerprint density at radius 2 is 2.05 bits per heavy atom. The van der Waals surface area contributed by atoms with E-state index >= 15 is 0 Å². The van der Waals surface area contributed by atoms with Gasteiger partial charge >= 0.3 is 0 Å². The Bertz CT molecular complexity index is 500.